The van der Waals surface area contributed by atoms with Gasteiger partial charge in [-0.1, -0.05) is 191 Å². The molecule has 0 atom stereocenters. The number of aryl methyl sites for hydroxylation is 1. The molecule has 0 unspecified atom stereocenters. The third-order valence-corrected chi connectivity index (χ3v) is 18.6. The summed E-state index contributed by atoms with van der Waals surface area (Å²) in [5.41, 5.74) is 20.8. The van der Waals surface area contributed by atoms with E-state index in [1.54, 1.807) is 0 Å². The van der Waals surface area contributed by atoms with Crippen LogP contribution in [-0.4, -0.2) is 6.85 Å². The van der Waals surface area contributed by atoms with Gasteiger partial charge in [-0.3, -0.25) is 0 Å². The van der Waals surface area contributed by atoms with Crippen molar-refractivity contribution in [1.29, 1.82) is 0 Å². The second-order valence-corrected chi connectivity index (χ2v) is 22.8. The van der Waals surface area contributed by atoms with E-state index in [0.29, 0.717) is 0 Å². The summed E-state index contributed by atoms with van der Waals surface area (Å²) in [5, 5.41) is 2.54. The van der Waals surface area contributed by atoms with Crippen molar-refractivity contribution in [2.45, 2.75) is 83.3 Å². The van der Waals surface area contributed by atoms with E-state index < -0.39 is 5.41 Å². The Morgan fingerprint density at radius 3 is 1.78 bits per heavy atom. The van der Waals surface area contributed by atoms with E-state index in [4.69, 9.17) is 0 Å². The number of anilines is 5. The van der Waals surface area contributed by atoms with Crippen molar-refractivity contribution in [1.82, 2.24) is 0 Å². The van der Waals surface area contributed by atoms with Crippen LogP contribution < -0.4 is 20.6 Å². The lowest BCUT2D eigenvalue weighted by Crippen LogP contribution is -2.63. The summed E-state index contributed by atoms with van der Waals surface area (Å²) in [6.07, 6.45) is 2.35. The second kappa shape index (κ2) is 14.1. The molecule has 0 bridgehead atoms. The first kappa shape index (κ1) is 39.7. The lowest BCUT2D eigenvalue weighted by atomic mass is 9.42. The van der Waals surface area contributed by atoms with E-state index >= 15 is 0 Å². The van der Waals surface area contributed by atoms with E-state index in [1.807, 2.05) is 23.5 Å². The highest BCUT2D eigenvalue weighted by Gasteiger charge is 2.54. The molecule has 0 N–H and O–H groups in total. The molecule has 5 aliphatic rings. The van der Waals surface area contributed by atoms with Crippen molar-refractivity contribution in [2.24, 2.45) is 0 Å². The van der Waals surface area contributed by atoms with E-state index in [1.165, 1.54) is 133 Å². The molecule has 0 spiro atoms. The zero-order chi connectivity index (χ0) is 45.0. The first-order chi connectivity index (χ1) is 32.6. The maximum absolute atomic E-state index is 2.77. The SMILES string of the molecule is Cc1cc2c(cc1N1c3cc4c(cc3B3c5c(cc6ccccc6c51)-c1cccc5c1N3c1ccccc1C5(c1ccccc1)c1ccccc1)Sc1ccccc1S4)C(C)(C)CCC2(C)C. The van der Waals surface area contributed by atoms with Crippen LogP contribution in [0.4, 0.5) is 28.4 Å². The molecule has 5 heteroatoms. The predicted molar refractivity (Wildman–Crippen MR) is 284 cm³/mol. The molecule has 0 saturated heterocycles. The summed E-state index contributed by atoms with van der Waals surface area (Å²) in [6, 6.07) is 70.0. The molecule has 14 rings (SSSR count). The normalized spacial score (nSPS) is 17.1. The van der Waals surface area contributed by atoms with Gasteiger partial charge >= 0.3 is 6.85 Å². The van der Waals surface area contributed by atoms with E-state index in [2.05, 4.69) is 226 Å². The fraction of sp³-hybridized carbons (Fsp3) is 0.161. The van der Waals surface area contributed by atoms with Gasteiger partial charge in [-0.2, -0.15) is 0 Å². The highest BCUT2D eigenvalue weighted by molar-refractivity contribution is 8.05. The van der Waals surface area contributed by atoms with Gasteiger partial charge in [-0.15, -0.1) is 0 Å². The van der Waals surface area contributed by atoms with Crippen LogP contribution in [0.1, 0.15) is 79.5 Å². The van der Waals surface area contributed by atoms with Gasteiger partial charge < -0.3 is 9.71 Å². The Hall–Kier alpha value is -6.40. The third kappa shape index (κ3) is 5.39. The fourth-order valence-electron chi connectivity index (χ4n) is 12.8. The molecule has 0 fully saturated rings. The van der Waals surface area contributed by atoms with E-state index in [-0.39, 0.29) is 17.7 Å². The summed E-state index contributed by atoms with van der Waals surface area (Å²) in [7, 11) is 0. The molecular weight excluding hydrogens is 848 g/mol. The van der Waals surface area contributed by atoms with Crippen LogP contribution in [0.15, 0.2) is 202 Å². The molecular formula is C62H49BN2S2. The number of hydrogen-bond donors (Lipinski definition) is 0. The molecule has 4 heterocycles. The molecule has 0 aromatic heterocycles. The monoisotopic (exact) mass is 896 g/mol. The minimum absolute atomic E-state index is 0.0511. The van der Waals surface area contributed by atoms with Crippen LogP contribution >= 0.6 is 23.5 Å². The molecule has 0 radical (unpaired) electrons. The average Bonchev–Trinajstić information content (AvgIpc) is 3.35. The molecule has 9 aromatic rings. The zero-order valence-electron chi connectivity index (χ0n) is 38.5. The largest absolute Gasteiger partial charge is 0.376 e. The van der Waals surface area contributed by atoms with Gasteiger partial charge in [0.25, 0.3) is 0 Å². The van der Waals surface area contributed by atoms with Crippen molar-refractivity contribution in [3.8, 4) is 11.1 Å². The van der Waals surface area contributed by atoms with Crippen LogP contribution in [0.25, 0.3) is 21.9 Å². The van der Waals surface area contributed by atoms with Crippen LogP contribution in [-0.2, 0) is 16.2 Å². The first-order valence-corrected chi connectivity index (χ1v) is 25.5. The standard InChI is InChI=1S/C62H49BN2S2/c1-38-33-47-48(61(4,5)32-31-60(47,2)3)35-51(38)64-52-37-56-55(66-53-29-16-17-30-54(53)67-56)36-49(52)63-57-44(34-39-19-12-13-24-42(39)59(57)64)43-25-18-27-46-58(43)65(63)50-28-15-14-26-45(50)62(46,40-20-8-6-9-21-40)41-22-10-7-11-23-41/h6-30,33-37H,31-32H2,1-5H3. The Morgan fingerprint density at radius 1 is 0.463 bits per heavy atom. The number of hydrogen-bond acceptors (Lipinski definition) is 4. The number of nitrogens with zero attached hydrogens (tertiary/aromatic N) is 2. The van der Waals surface area contributed by atoms with Crippen LogP contribution in [0, 0.1) is 6.92 Å². The van der Waals surface area contributed by atoms with Crippen molar-refractivity contribution < 1.29 is 0 Å². The second-order valence-electron chi connectivity index (χ2n) is 20.7. The topological polar surface area (TPSA) is 6.48 Å². The first-order valence-electron chi connectivity index (χ1n) is 23.9. The summed E-state index contributed by atoms with van der Waals surface area (Å²) in [4.78, 5) is 10.8. The third-order valence-electron chi connectivity index (χ3n) is 16.1. The minimum atomic E-state index is -0.561. The van der Waals surface area contributed by atoms with Gasteiger partial charge in [0.1, 0.15) is 0 Å². The minimum Gasteiger partial charge on any atom is -0.376 e. The van der Waals surface area contributed by atoms with Gasteiger partial charge in [-0.25, -0.2) is 0 Å². The number of fused-ring (bicyclic) bond motifs is 11. The molecule has 1 aliphatic carbocycles. The number of rotatable bonds is 3. The molecule has 4 aliphatic heterocycles. The van der Waals surface area contributed by atoms with Gasteiger partial charge in [0.05, 0.1) is 11.1 Å². The van der Waals surface area contributed by atoms with Gasteiger partial charge in [0.15, 0.2) is 0 Å². The Morgan fingerprint density at radius 2 is 1.06 bits per heavy atom. The number of para-hydroxylation sites is 2. The molecule has 67 heavy (non-hydrogen) atoms. The molecule has 0 amide bonds. The smallest absolute Gasteiger partial charge is 0.333 e. The maximum atomic E-state index is 2.77. The van der Waals surface area contributed by atoms with Gasteiger partial charge in [0, 0.05) is 53.3 Å². The summed E-state index contributed by atoms with van der Waals surface area (Å²) in [5.74, 6) is 0. The average molecular weight is 897 g/mol. The van der Waals surface area contributed by atoms with Crippen molar-refractivity contribution in [3.63, 3.8) is 0 Å². The molecule has 0 saturated carbocycles. The van der Waals surface area contributed by atoms with Gasteiger partial charge in [-0.05, 0) is 134 Å². The van der Waals surface area contributed by atoms with Crippen molar-refractivity contribution >= 4 is 80.5 Å². The number of benzene rings is 9. The molecule has 2 nitrogen and oxygen atoms in total. The lowest BCUT2D eigenvalue weighted by Gasteiger charge is -2.53. The summed E-state index contributed by atoms with van der Waals surface area (Å²) in [6.45, 7) is 12.1. The molecule has 9 aromatic carbocycles. The summed E-state index contributed by atoms with van der Waals surface area (Å²) < 4.78 is 0. The quantitative estimate of drug-likeness (QED) is 0.163. The van der Waals surface area contributed by atoms with Gasteiger partial charge in [0.2, 0.25) is 0 Å². The zero-order valence-corrected chi connectivity index (χ0v) is 40.2. The van der Waals surface area contributed by atoms with Crippen molar-refractivity contribution in [2.75, 3.05) is 9.71 Å². The Bertz CT molecular complexity index is 3540. The predicted octanol–water partition coefficient (Wildman–Crippen LogP) is 15.5. The van der Waals surface area contributed by atoms with E-state index in [0.717, 1.165) is 0 Å². The Kier molecular flexibility index (Phi) is 8.35. The fourth-order valence-corrected chi connectivity index (χ4v) is 15.1. The van der Waals surface area contributed by atoms with Crippen LogP contribution in [0.5, 0.6) is 0 Å². The highest BCUT2D eigenvalue weighted by Crippen LogP contribution is 2.62. The van der Waals surface area contributed by atoms with Crippen LogP contribution in [0.2, 0.25) is 0 Å². The highest BCUT2D eigenvalue weighted by atomic mass is 32.2. The Balaban J connectivity index is 1.14. The maximum Gasteiger partial charge on any atom is 0.333 e. The van der Waals surface area contributed by atoms with Crippen LogP contribution in [0.3, 0.4) is 0 Å². The summed E-state index contributed by atoms with van der Waals surface area (Å²) >= 11 is 3.85. The lowest BCUT2D eigenvalue weighted by molar-refractivity contribution is 0.332. The van der Waals surface area contributed by atoms with Crippen molar-refractivity contribution in [3.05, 3.63) is 221 Å². The Labute approximate surface area is 403 Å². The molecule has 322 valence electrons. The van der Waals surface area contributed by atoms with E-state index in [9.17, 15) is 0 Å².